The van der Waals surface area contributed by atoms with Crippen molar-refractivity contribution < 1.29 is 4.39 Å². The van der Waals surface area contributed by atoms with Gasteiger partial charge in [-0.2, -0.15) is 0 Å². The lowest BCUT2D eigenvalue weighted by Crippen LogP contribution is -2.35. The zero-order valence-corrected chi connectivity index (χ0v) is 11.0. The molecule has 1 unspecified atom stereocenters. The number of likely N-dealkylation sites (N-methyl/N-ethyl adjacent to an activating group) is 1. The summed E-state index contributed by atoms with van der Waals surface area (Å²) >= 11 is 0. The maximum absolute atomic E-state index is 12.8. The first-order chi connectivity index (χ1) is 9.11. The summed E-state index contributed by atoms with van der Waals surface area (Å²) in [6, 6.07) is 10.1. The lowest BCUT2D eigenvalue weighted by molar-refractivity contribution is 0.628. The number of aromatic nitrogens is 2. The van der Waals surface area contributed by atoms with E-state index in [1.54, 1.807) is 12.1 Å². The predicted octanol–water partition coefficient (Wildman–Crippen LogP) is 2.07. The summed E-state index contributed by atoms with van der Waals surface area (Å²) in [5.74, 6) is 0.508. The zero-order chi connectivity index (χ0) is 13.8. The number of rotatable bonds is 4. The van der Waals surface area contributed by atoms with E-state index in [9.17, 15) is 4.39 Å². The molecule has 100 valence electrons. The molecule has 19 heavy (non-hydrogen) atoms. The maximum atomic E-state index is 12.8. The van der Waals surface area contributed by atoms with E-state index in [1.165, 1.54) is 12.1 Å². The predicted molar refractivity (Wildman–Crippen MR) is 74.3 cm³/mol. The van der Waals surface area contributed by atoms with Crippen molar-refractivity contribution in [2.45, 2.75) is 13.0 Å². The van der Waals surface area contributed by atoms with Crippen LogP contribution >= 0.6 is 0 Å². The average Bonchev–Trinajstić information content (AvgIpc) is 2.46. The molecule has 2 rings (SSSR count). The van der Waals surface area contributed by atoms with Crippen LogP contribution < -0.4 is 10.6 Å². The molecule has 5 heteroatoms. The second kappa shape index (κ2) is 5.75. The van der Waals surface area contributed by atoms with Crippen molar-refractivity contribution in [1.82, 2.24) is 10.2 Å². The smallest absolute Gasteiger partial charge is 0.151 e. The summed E-state index contributed by atoms with van der Waals surface area (Å²) in [7, 11) is 1.93. The Bertz CT molecular complexity index is 524. The fraction of sp³-hybridized carbons (Fsp3) is 0.286. The molecule has 1 aromatic heterocycles. The summed E-state index contributed by atoms with van der Waals surface area (Å²) in [5.41, 5.74) is 7.18. The van der Waals surface area contributed by atoms with Crippen LogP contribution in [0.3, 0.4) is 0 Å². The van der Waals surface area contributed by atoms with E-state index in [1.807, 2.05) is 31.0 Å². The Morgan fingerprint density at radius 1 is 1.16 bits per heavy atom. The highest BCUT2D eigenvalue weighted by Crippen LogP contribution is 2.19. The summed E-state index contributed by atoms with van der Waals surface area (Å²) in [6.07, 6.45) is 0. The van der Waals surface area contributed by atoms with Gasteiger partial charge in [0.15, 0.2) is 5.82 Å². The van der Waals surface area contributed by atoms with Crippen molar-refractivity contribution >= 4 is 5.82 Å². The number of anilines is 1. The zero-order valence-electron chi connectivity index (χ0n) is 11.0. The number of nitrogens with zero attached hydrogens (tertiary/aromatic N) is 3. The van der Waals surface area contributed by atoms with Crippen LogP contribution in [0, 0.1) is 5.82 Å². The Morgan fingerprint density at radius 3 is 2.37 bits per heavy atom. The van der Waals surface area contributed by atoms with Crippen LogP contribution in [0.15, 0.2) is 36.4 Å². The molecule has 0 spiro atoms. The van der Waals surface area contributed by atoms with Gasteiger partial charge in [-0.1, -0.05) is 0 Å². The molecule has 4 nitrogen and oxygen atoms in total. The van der Waals surface area contributed by atoms with Crippen LogP contribution in [0.1, 0.15) is 6.92 Å². The van der Waals surface area contributed by atoms with Crippen LogP contribution in [-0.2, 0) is 0 Å². The third-order valence-electron chi connectivity index (χ3n) is 3.15. The second-order valence-electron chi connectivity index (χ2n) is 4.48. The van der Waals surface area contributed by atoms with Crippen molar-refractivity contribution in [3.63, 3.8) is 0 Å². The highest BCUT2D eigenvalue weighted by Gasteiger charge is 2.10. The fourth-order valence-electron chi connectivity index (χ4n) is 1.67. The Hall–Kier alpha value is -2.01. The Kier molecular flexibility index (Phi) is 4.06. The molecule has 1 aromatic carbocycles. The Labute approximate surface area is 112 Å². The van der Waals surface area contributed by atoms with Gasteiger partial charge in [0.05, 0.1) is 5.69 Å². The molecule has 0 bridgehead atoms. The second-order valence-corrected chi connectivity index (χ2v) is 4.48. The highest BCUT2D eigenvalue weighted by molar-refractivity contribution is 5.59. The molecular weight excluding hydrogens is 243 g/mol. The molecule has 0 saturated carbocycles. The lowest BCUT2D eigenvalue weighted by Gasteiger charge is -2.24. The molecule has 0 aliphatic rings. The highest BCUT2D eigenvalue weighted by atomic mass is 19.1. The minimum atomic E-state index is -0.259. The monoisotopic (exact) mass is 260 g/mol. The van der Waals surface area contributed by atoms with E-state index in [4.69, 9.17) is 5.73 Å². The number of hydrogen-bond acceptors (Lipinski definition) is 4. The van der Waals surface area contributed by atoms with E-state index in [2.05, 4.69) is 10.2 Å². The van der Waals surface area contributed by atoms with Gasteiger partial charge in [0.2, 0.25) is 0 Å². The first kappa shape index (κ1) is 13.4. The Morgan fingerprint density at radius 2 is 1.84 bits per heavy atom. The van der Waals surface area contributed by atoms with Crippen molar-refractivity contribution in [3.8, 4) is 11.3 Å². The standard InChI is InChI=1S/C14H17FN4/c1-10(9-16)19(2)14-8-7-13(17-18-14)11-3-5-12(15)6-4-11/h3-8,10H,9,16H2,1-2H3. The van der Waals surface area contributed by atoms with Gasteiger partial charge in [0, 0.05) is 25.2 Å². The normalized spacial score (nSPS) is 12.2. The topological polar surface area (TPSA) is 55.0 Å². The van der Waals surface area contributed by atoms with Crippen LogP contribution in [-0.4, -0.2) is 29.8 Å². The molecule has 1 heterocycles. The third kappa shape index (κ3) is 3.06. The molecular formula is C14H17FN4. The van der Waals surface area contributed by atoms with Crippen molar-refractivity contribution in [2.24, 2.45) is 5.73 Å². The van der Waals surface area contributed by atoms with Gasteiger partial charge >= 0.3 is 0 Å². The molecule has 0 amide bonds. The maximum Gasteiger partial charge on any atom is 0.151 e. The summed E-state index contributed by atoms with van der Waals surface area (Å²) in [6.45, 7) is 2.58. The van der Waals surface area contributed by atoms with Crippen molar-refractivity contribution in [2.75, 3.05) is 18.5 Å². The molecule has 2 N–H and O–H groups in total. The minimum absolute atomic E-state index is 0.200. The number of halogens is 1. The van der Waals surface area contributed by atoms with Crippen molar-refractivity contribution in [1.29, 1.82) is 0 Å². The van der Waals surface area contributed by atoms with Gasteiger partial charge in [0.1, 0.15) is 5.82 Å². The molecule has 0 saturated heterocycles. The van der Waals surface area contributed by atoms with Gasteiger partial charge in [0.25, 0.3) is 0 Å². The van der Waals surface area contributed by atoms with E-state index in [0.29, 0.717) is 6.54 Å². The molecule has 0 fully saturated rings. The van der Waals surface area contributed by atoms with E-state index < -0.39 is 0 Å². The first-order valence-electron chi connectivity index (χ1n) is 6.14. The largest absolute Gasteiger partial charge is 0.354 e. The fourth-order valence-corrected chi connectivity index (χ4v) is 1.67. The van der Waals surface area contributed by atoms with E-state index in [0.717, 1.165) is 17.1 Å². The van der Waals surface area contributed by atoms with Gasteiger partial charge in [-0.05, 0) is 43.3 Å². The first-order valence-corrected chi connectivity index (χ1v) is 6.14. The Balaban J connectivity index is 2.21. The van der Waals surface area contributed by atoms with Crippen LogP contribution in [0.4, 0.5) is 10.2 Å². The van der Waals surface area contributed by atoms with E-state index >= 15 is 0 Å². The van der Waals surface area contributed by atoms with Gasteiger partial charge in [-0.15, -0.1) is 10.2 Å². The molecule has 0 radical (unpaired) electrons. The number of nitrogens with two attached hydrogens (primary N) is 1. The number of benzene rings is 1. The van der Waals surface area contributed by atoms with E-state index in [-0.39, 0.29) is 11.9 Å². The minimum Gasteiger partial charge on any atom is -0.354 e. The van der Waals surface area contributed by atoms with Crippen LogP contribution in [0.5, 0.6) is 0 Å². The molecule has 1 atom stereocenters. The van der Waals surface area contributed by atoms with Gasteiger partial charge in [-0.3, -0.25) is 0 Å². The van der Waals surface area contributed by atoms with Gasteiger partial charge < -0.3 is 10.6 Å². The van der Waals surface area contributed by atoms with Crippen LogP contribution in [0.2, 0.25) is 0 Å². The summed E-state index contributed by atoms with van der Waals surface area (Å²) in [4.78, 5) is 1.97. The quantitative estimate of drug-likeness (QED) is 0.914. The van der Waals surface area contributed by atoms with Gasteiger partial charge in [-0.25, -0.2) is 4.39 Å². The third-order valence-corrected chi connectivity index (χ3v) is 3.15. The summed E-state index contributed by atoms with van der Waals surface area (Å²) < 4.78 is 12.8. The molecule has 0 aliphatic carbocycles. The molecule has 0 aliphatic heterocycles. The molecule has 2 aromatic rings. The summed E-state index contributed by atoms with van der Waals surface area (Å²) in [5, 5.41) is 8.33. The number of hydrogen-bond donors (Lipinski definition) is 1. The average molecular weight is 260 g/mol. The SMILES string of the molecule is CC(CN)N(C)c1ccc(-c2ccc(F)cc2)nn1. The van der Waals surface area contributed by atoms with Crippen LogP contribution in [0.25, 0.3) is 11.3 Å². The van der Waals surface area contributed by atoms with Crippen molar-refractivity contribution in [3.05, 3.63) is 42.2 Å². The lowest BCUT2D eigenvalue weighted by atomic mass is 10.1.